The quantitative estimate of drug-likeness (QED) is 0.466. The van der Waals surface area contributed by atoms with Crippen LogP contribution in [0.2, 0.25) is 0 Å². The largest absolute Gasteiger partial charge is 0.367 e. The number of hydrogen-bond acceptors (Lipinski definition) is 5. The number of piperidine rings is 1. The number of rotatable bonds is 6. The van der Waals surface area contributed by atoms with Crippen LogP contribution in [-0.2, 0) is 0 Å². The van der Waals surface area contributed by atoms with Gasteiger partial charge in [0.05, 0.1) is 17.3 Å². The van der Waals surface area contributed by atoms with Gasteiger partial charge in [-0.05, 0) is 81.2 Å². The summed E-state index contributed by atoms with van der Waals surface area (Å²) in [5.41, 5.74) is 6.43. The third kappa shape index (κ3) is 5.12. The van der Waals surface area contributed by atoms with E-state index in [-0.39, 0.29) is 0 Å². The molecule has 6 heteroatoms. The lowest BCUT2D eigenvalue weighted by molar-refractivity contribution is 0.145. The van der Waals surface area contributed by atoms with Gasteiger partial charge in [0.2, 0.25) is 0 Å². The first-order valence-electron chi connectivity index (χ1n) is 14.3. The van der Waals surface area contributed by atoms with Crippen molar-refractivity contribution in [1.29, 1.82) is 5.26 Å². The van der Waals surface area contributed by atoms with Gasteiger partial charge in [-0.25, -0.2) is 4.52 Å². The Morgan fingerprint density at radius 3 is 2.51 bits per heavy atom. The first kappa shape index (κ1) is 24.5. The highest BCUT2D eigenvalue weighted by atomic mass is 15.3. The highest BCUT2D eigenvalue weighted by Gasteiger charge is 2.31. The zero-order chi connectivity index (χ0) is 25.4. The van der Waals surface area contributed by atoms with Crippen LogP contribution in [0.3, 0.4) is 0 Å². The van der Waals surface area contributed by atoms with Crippen LogP contribution in [0, 0.1) is 23.2 Å². The molecule has 0 radical (unpaired) electrons. The van der Waals surface area contributed by atoms with Gasteiger partial charge in [-0.3, -0.25) is 4.90 Å². The summed E-state index contributed by atoms with van der Waals surface area (Å²) in [5.74, 6) is 1.66. The van der Waals surface area contributed by atoms with Gasteiger partial charge < -0.3 is 9.80 Å². The predicted molar refractivity (Wildman–Crippen MR) is 150 cm³/mol. The molecule has 0 spiro atoms. The molecule has 4 heterocycles. The summed E-state index contributed by atoms with van der Waals surface area (Å²) in [6, 6.07) is 16.8. The lowest BCUT2D eigenvalue weighted by atomic mass is 9.75. The second-order valence-corrected chi connectivity index (χ2v) is 11.8. The Hall–Kier alpha value is -2.88. The van der Waals surface area contributed by atoms with Crippen LogP contribution < -0.4 is 4.90 Å². The van der Waals surface area contributed by atoms with Gasteiger partial charge in [0.1, 0.15) is 0 Å². The summed E-state index contributed by atoms with van der Waals surface area (Å²) in [6.45, 7) is 12.4. The van der Waals surface area contributed by atoms with Gasteiger partial charge in [0.15, 0.2) is 0 Å². The second kappa shape index (κ2) is 10.5. The van der Waals surface area contributed by atoms with E-state index in [1.807, 2.05) is 10.7 Å². The van der Waals surface area contributed by atoms with E-state index in [0.29, 0.717) is 17.9 Å². The van der Waals surface area contributed by atoms with E-state index in [2.05, 4.69) is 82.3 Å². The van der Waals surface area contributed by atoms with Crippen molar-refractivity contribution in [3.63, 3.8) is 0 Å². The number of fused-ring (bicyclic) bond motifs is 1. The van der Waals surface area contributed by atoms with Crippen LogP contribution in [0.4, 0.5) is 5.69 Å². The van der Waals surface area contributed by atoms with Gasteiger partial charge in [-0.1, -0.05) is 24.3 Å². The SMILES string of the molecule is CC(C)N1CCC[C@H](c2ccc(-c3cc4c(N5CCN(CC6CC(C#N)C6)CC5)ccnn4c3)cc2)C1. The first-order valence-corrected chi connectivity index (χ1v) is 14.3. The first-order chi connectivity index (χ1) is 18.1. The Labute approximate surface area is 221 Å². The number of piperazine rings is 1. The normalized spacial score (nSPS) is 25.4. The fourth-order valence-electron chi connectivity index (χ4n) is 6.65. The number of anilines is 1. The molecule has 0 N–H and O–H groups in total. The molecule has 1 atom stereocenters. The van der Waals surface area contributed by atoms with Crippen molar-refractivity contribution >= 4 is 11.2 Å². The number of aromatic nitrogens is 2. The molecular formula is C31H40N6. The van der Waals surface area contributed by atoms with E-state index >= 15 is 0 Å². The maximum absolute atomic E-state index is 9.04. The van der Waals surface area contributed by atoms with Gasteiger partial charge in [-0.2, -0.15) is 10.4 Å². The van der Waals surface area contributed by atoms with E-state index in [0.717, 1.165) is 51.5 Å². The Kier molecular flexibility index (Phi) is 6.92. The topological polar surface area (TPSA) is 50.8 Å². The summed E-state index contributed by atoms with van der Waals surface area (Å²) < 4.78 is 2.04. The highest BCUT2D eigenvalue weighted by molar-refractivity contribution is 5.80. The lowest BCUT2D eigenvalue weighted by Gasteiger charge is -2.40. The summed E-state index contributed by atoms with van der Waals surface area (Å²) in [5, 5.41) is 13.7. The van der Waals surface area contributed by atoms with E-state index < -0.39 is 0 Å². The average molecular weight is 497 g/mol. The molecule has 0 amide bonds. The smallest absolute Gasteiger partial charge is 0.0886 e. The van der Waals surface area contributed by atoms with Gasteiger partial charge in [-0.15, -0.1) is 0 Å². The fourth-order valence-corrected chi connectivity index (χ4v) is 6.65. The average Bonchev–Trinajstić information content (AvgIpc) is 3.36. The molecule has 37 heavy (non-hydrogen) atoms. The summed E-state index contributed by atoms with van der Waals surface area (Å²) in [7, 11) is 0. The molecular weight excluding hydrogens is 456 g/mol. The predicted octanol–water partition coefficient (Wildman–Crippen LogP) is 5.26. The van der Waals surface area contributed by atoms with E-state index in [9.17, 15) is 0 Å². The van der Waals surface area contributed by atoms with Crippen molar-refractivity contribution in [3.8, 4) is 17.2 Å². The molecule has 1 saturated carbocycles. The van der Waals surface area contributed by atoms with Gasteiger partial charge in [0, 0.05) is 69.2 Å². The zero-order valence-corrected chi connectivity index (χ0v) is 22.4. The zero-order valence-electron chi connectivity index (χ0n) is 22.4. The van der Waals surface area contributed by atoms with Crippen LogP contribution in [-0.4, -0.2) is 71.3 Å². The molecule has 2 saturated heterocycles. The van der Waals surface area contributed by atoms with Crippen molar-refractivity contribution in [2.45, 2.75) is 51.5 Å². The van der Waals surface area contributed by atoms with Gasteiger partial charge in [0.25, 0.3) is 0 Å². The number of hydrogen-bond donors (Lipinski definition) is 0. The molecule has 0 bridgehead atoms. The van der Waals surface area contributed by atoms with Crippen molar-refractivity contribution in [2.24, 2.45) is 11.8 Å². The number of benzene rings is 1. The van der Waals surface area contributed by atoms with E-state index in [4.69, 9.17) is 5.26 Å². The minimum Gasteiger partial charge on any atom is -0.367 e. The van der Waals surface area contributed by atoms with E-state index in [1.165, 1.54) is 53.8 Å². The highest BCUT2D eigenvalue weighted by Crippen LogP contribution is 2.35. The van der Waals surface area contributed by atoms with Crippen LogP contribution in [0.25, 0.3) is 16.6 Å². The monoisotopic (exact) mass is 496 g/mol. The molecule has 3 aromatic rings. The minimum atomic E-state index is 0.304. The Bertz CT molecular complexity index is 1240. The van der Waals surface area contributed by atoms with Crippen LogP contribution in [0.15, 0.2) is 48.8 Å². The standard InChI is InChI=1S/C31H40N6/c1-23(2)36-11-3-4-28(21-36)26-5-7-27(8-6-26)29-18-31-30(9-10-33-37(31)22-29)35-14-12-34(13-15-35)20-25-16-24(17-25)19-32/h5-10,18,22-25,28H,3-4,11-17,20-21H2,1-2H3/t24?,25?,28-/m0/s1. The summed E-state index contributed by atoms with van der Waals surface area (Å²) >= 11 is 0. The Morgan fingerprint density at radius 2 is 1.78 bits per heavy atom. The molecule has 2 aliphatic heterocycles. The van der Waals surface area contributed by atoms with Crippen molar-refractivity contribution < 1.29 is 0 Å². The van der Waals surface area contributed by atoms with Gasteiger partial charge >= 0.3 is 0 Å². The van der Waals surface area contributed by atoms with Crippen LogP contribution in [0.5, 0.6) is 0 Å². The van der Waals surface area contributed by atoms with Crippen LogP contribution in [0.1, 0.15) is 51.0 Å². The summed E-state index contributed by atoms with van der Waals surface area (Å²) in [6.07, 6.45) is 8.87. The Balaban J connectivity index is 1.13. The molecule has 3 fully saturated rings. The third-order valence-electron chi connectivity index (χ3n) is 9.03. The molecule has 6 nitrogen and oxygen atoms in total. The molecule has 3 aliphatic rings. The van der Waals surface area contributed by atoms with Crippen LogP contribution >= 0.6 is 0 Å². The maximum atomic E-state index is 9.04. The van der Waals surface area contributed by atoms with Crippen molar-refractivity contribution in [1.82, 2.24) is 19.4 Å². The summed E-state index contributed by atoms with van der Waals surface area (Å²) in [4.78, 5) is 7.72. The van der Waals surface area contributed by atoms with Crippen molar-refractivity contribution in [3.05, 3.63) is 54.4 Å². The maximum Gasteiger partial charge on any atom is 0.0886 e. The minimum absolute atomic E-state index is 0.304. The molecule has 0 unspecified atom stereocenters. The molecule has 1 aromatic carbocycles. The fraction of sp³-hybridized carbons (Fsp3) is 0.548. The molecule has 2 aromatic heterocycles. The van der Waals surface area contributed by atoms with Crippen molar-refractivity contribution in [2.75, 3.05) is 50.7 Å². The Morgan fingerprint density at radius 1 is 1.00 bits per heavy atom. The van der Waals surface area contributed by atoms with E-state index in [1.54, 1.807) is 0 Å². The number of likely N-dealkylation sites (tertiary alicyclic amines) is 1. The molecule has 6 rings (SSSR count). The number of nitriles is 1. The third-order valence-corrected chi connectivity index (χ3v) is 9.03. The molecule has 1 aliphatic carbocycles. The molecule has 194 valence electrons. The number of nitrogens with zero attached hydrogens (tertiary/aromatic N) is 6. The lowest BCUT2D eigenvalue weighted by Crippen LogP contribution is -2.49. The second-order valence-electron chi connectivity index (χ2n) is 11.8.